The van der Waals surface area contributed by atoms with Crippen molar-refractivity contribution in [2.45, 2.75) is 33.6 Å². The monoisotopic (exact) mass is 274 g/mol. The second-order valence-corrected chi connectivity index (χ2v) is 5.96. The van der Waals surface area contributed by atoms with E-state index in [9.17, 15) is 0 Å². The summed E-state index contributed by atoms with van der Waals surface area (Å²) in [4.78, 5) is 0. The van der Waals surface area contributed by atoms with Gasteiger partial charge in [-0.3, -0.25) is 0 Å². The molecule has 0 atom stereocenters. The molecule has 0 aromatic heterocycles. The van der Waals surface area contributed by atoms with Crippen LogP contribution in [0.2, 0.25) is 0 Å². The Bertz CT molecular complexity index is 761. The van der Waals surface area contributed by atoms with Gasteiger partial charge in [-0.25, -0.2) is 0 Å². The highest BCUT2D eigenvalue weighted by Crippen LogP contribution is 2.25. The molecule has 0 aliphatic heterocycles. The fourth-order valence-corrected chi connectivity index (χ4v) is 3.28. The molecule has 3 rings (SSSR count). The van der Waals surface area contributed by atoms with Crippen molar-refractivity contribution in [2.75, 3.05) is 0 Å². The Morgan fingerprint density at radius 3 is 1.90 bits per heavy atom. The van der Waals surface area contributed by atoms with Gasteiger partial charge in [0.25, 0.3) is 0 Å². The molecule has 0 aliphatic rings. The van der Waals surface area contributed by atoms with Crippen LogP contribution in [-0.2, 0) is 12.8 Å². The Labute approximate surface area is 127 Å². The minimum atomic E-state index is 1.01. The van der Waals surface area contributed by atoms with E-state index in [1.807, 2.05) is 0 Å². The van der Waals surface area contributed by atoms with Crippen LogP contribution in [-0.4, -0.2) is 0 Å². The predicted molar refractivity (Wildman–Crippen MR) is 92.0 cm³/mol. The third-order valence-electron chi connectivity index (χ3n) is 4.16. The summed E-state index contributed by atoms with van der Waals surface area (Å²) in [6.45, 7) is 6.58. The van der Waals surface area contributed by atoms with E-state index in [1.54, 1.807) is 0 Å². The van der Waals surface area contributed by atoms with Crippen LogP contribution in [0.4, 0.5) is 0 Å². The van der Waals surface area contributed by atoms with Crippen molar-refractivity contribution in [3.63, 3.8) is 0 Å². The molecule has 3 aromatic carbocycles. The number of fused-ring (bicyclic) bond motifs is 1. The Balaban J connectivity index is 2.09. The van der Waals surface area contributed by atoms with Crippen LogP contribution < -0.4 is 0 Å². The average Bonchev–Trinajstić information content (AvgIpc) is 2.46. The van der Waals surface area contributed by atoms with Gasteiger partial charge in [-0.2, -0.15) is 0 Å². The van der Waals surface area contributed by atoms with Crippen LogP contribution in [0.3, 0.4) is 0 Å². The fraction of sp³-hybridized carbons (Fsp3) is 0.238. The highest BCUT2D eigenvalue weighted by Gasteiger charge is 2.06. The summed E-state index contributed by atoms with van der Waals surface area (Å²) < 4.78 is 0. The maximum Gasteiger partial charge on any atom is -0.00194 e. The van der Waals surface area contributed by atoms with E-state index >= 15 is 0 Å². The third kappa shape index (κ3) is 2.85. The molecule has 0 N–H and O–H groups in total. The number of aryl methyl sites for hydroxylation is 3. The highest BCUT2D eigenvalue weighted by molar-refractivity contribution is 5.89. The topological polar surface area (TPSA) is 0 Å². The van der Waals surface area contributed by atoms with Crippen molar-refractivity contribution in [1.29, 1.82) is 0 Å². The lowest BCUT2D eigenvalue weighted by Gasteiger charge is -2.11. The van der Waals surface area contributed by atoms with Crippen LogP contribution in [0.1, 0.15) is 34.7 Å². The maximum atomic E-state index is 2.30. The second-order valence-electron chi connectivity index (χ2n) is 5.96. The normalized spacial score (nSPS) is 11.0. The molecule has 0 heterocycles. The summed E-state index contributed by atoms with van der Waals surface area (Å²) in [5.74, 6) is 0. The van der Waals surface area contributed by atoms with Gasteiger partial charge in [0.2, 0.25) is 0 Å². The molecule has 0 spiro atoms. The Kier molecular flexibility index (Phi) is 3.79. The van der Waals surface area contributed by atoms with Crippen LogP contribution in [0.25, 0.3) is 10.8 Å². The van der Waals surface area contributed by atoms with E-state index in [2.05, 4.69) is 75.4 Å². The van der Waals surface area contributed by atoms with Crippen molar-refractivity contribution >= 4 is 10.8 Å². The molecule has 106 valence electrons. The molecule has 0 saturated carbocycles. The summed E-state index contributed by atoms with van der Waals surface area (Å²) in [6.07, 6.45) is 2.09. The molecule has 21 heavy (non-hydrogen) atoms. The first-order valence-electron chi connectivity index (χ1n) is 7.74. The van der Waals surface area contributed by atoms with E-state index in [0.717, 1.165) is 12.8 Å². The van der Waals surface area contributed by atoms with Crippen molar-refractivity contribution in [2.24, 2.45) is 0 Å². The van der Waals surface area contributed by atoms with Crippen molar-refractivity contribution in [3.8, 4) is 0 Å². The minimum Gasteiger partial charge on any atom is -0.0616 e. The molecule has 0 aliphatic carbocycles. The second kappa shape index (κ2) is 5.73. The van der Waals surface area contributed by atoms with Gasteiger partial charge in [-0.05, 0) is 54.2 Å². The van der Waals surface area contributed by atoms with Gasteiger partial charge < -0.3 is 0 Å². The van der Waals surface area contributed by atoms with E-state index in [0.29, 0.717) is 0 Å². The molecule has 0 fully saturated rings. The summed E-state index contributed by atoms with van der Waals surface area (Å²) in [7, 11) is 0. The average molecular weight is 274 g/mol. The summed E-state index contributed by atoms with van der Waals surface area (Å²) in [6, 6.07) is 20.2. The van der Waals surface area contributed by atoms with E-state index in [-0.39, 0.29) is 0 Å². The number of hydrogen-bond acceptors (Lipinski definition) is 0. The molecule has 0 nitrogen and oxygen atoms in total. The van der Waals surface area contributed by atoms with Crippen LogP contribution in [0.15, 0.2) is 54.6 Å². The van der Waals surface area contributed by atoms with Crippen LogP contribution >= 0.6 is 0 Å². The summed E-state index contributed by atoms with van der Waals surface area (Å²) >= 11 is 0. The zero-order chi connectivity index (χ0) is 14.8. The standard InChI is InChI=1S/C21H22/c1-4-18-9-10-19(21-8-6-5-7-20(18)21)14-17-12-15(2)11-16(3)13-17/h5-13H,4,14H2,1-3H3. The molecular weight excluding hydrogens is 252 g/mol. The number of hydrogen-bond donors (Lipinski definition) is 0. The van der Waals surface area contributed by atoms with Crippen LogP contribution in [0, 0.1) is 13.8 Å². The number of benzene rings is 3. The van der Waals surface area contributed by atoms with E-state index in [1.165, 1.54) is 38.6 Å². The first kappa shape index (κ1) is 13.9. The lowest BCUT2D eigenvalue weighted by Crippen LogP contribution is -1.94. The quantitative estimate of drug-likeness (QED) is 0.582. The van der Waals surface area contributed by atoms with Crippen molar-refractivity contribution in [3.05, 3.63) is 82.4 Å². The van der Waals surface area contributed by atoms with Crippen molar-refractivity contribution in [1.82, 2.24) is 0 Å². The van der Waals surface area contributed by atoms with Gasteiger partial charge in [0, 0.05) is 0 Å². The molecule has 0 heteroatoms. The lowest BCUT2D eigenvalue weighted by atomic mass is 9.93. The van der Waals surface area contributed by atoms with Crippen LogP contribution in [0.5, 0.6) is 0 Å². The van der Waals surface area contributed by atoms with Gasteiger partial charge >= 0.3 is 0 Å². The molecular formula is C21H22. The first-order chi connectivity index (χ1) is 10.2. The molecule has 0 unspecified atom stereocenters. The largest absolute Gasteiger partial charge is 0.0616 e. The van der Waals surface area contributed by atoms with E-state index < -0.39 is 0 Å². The SMILES string of the molecule is CCc1ccc(Cc2cc(C)cc(C)c2)c2ccccc12. The summed E-state index contributed by atoms with van der Waals surface area (Å²) in [5.41, 5.74) is 6.96. The molecule has 0 saturated heterocycles. The van der Waals surface area contributed by atoms with Crippen molar-refractivity contribution < 1.29 is 0 Å². The first-order valence-corrected chi connectivity index (χ1v) is 7.74. The smallest absolute Gasteiger partial charge is 0.00194 e. The van der Waals surface area contributed by atoms with E-state index in [4.69, 9.17) is 0 Å². The zero-order valence-electron chi connectivity index (χ0n) is 13.1. The van der Waals surface area contributed by atoms with Gasteiger partial charge in [0.15, 0.2) is 0 Å². The highest BCUT2D eigenvalue weighted by atomic mass is 14.1. The minimum absolute atomic E-state index is 1.01. The Hall–Kier alpha value is -2.08. The van der Waals surface area contributed by atoms with Gasteiger partial charge in [-0.15, -0.1) is 0 Å². The fourth-order valence-electron chi connectivity index (χ4n) is 3.28. The number of rotatable bonds is 3. The molecule has 0 bridgehead atoms. The zero-order valence-corrected chi connectivity index (χ0v) is 13.1. The van der Waals surface area contributed by atoms with Gasteiger partial charge in [0.05, 0.1) is 0 Å². The summed E-state index contributed by atoms with van der Waals surface area (Å²) in [5, 5.41) is 2.80. The molecule has 0 radical (unpaired) electrons. The molecule has 0 amide bonds. The predicted octanol–water partition coefficient (Wildman–Crippen LogP) is 5.61. The third-order valence-corrected chi connectivity index (χ3v) is 4.16. The van der Waals surface area contributed by atoms with Gasteiger partial charge in [0.1, 0.15) is 0 Å². The Morgan fingerprint density at radius 1 is 0.714 bits per heavy atom. The maximum absolute atomic E-state index is 2.30. The lowest BCUT2D eigenvalue weighted by molar-refractivity contribution is 1.14. The molecule has 3 aromatic rings. The Morgan fingerprint density at radius 2 is 1.29 bits per heavy atom. The van der Waals surface area contributed by atoms with Gasteiger partial charge in [-0.1, -0.05) is 72.6 Å².